The molecule has 4 heteroatoms. The van der Waals surface area contributed by atoms with Crippen molar-refractivity contribution in [2.45, 2.75) is 6.04 Å². The summed E-state index contributed by atoms with van der Waals surface area (Å²) in [6, 6.07) is 9.02. The molecular formula is C11H13ClN2O. The van der Waals surface area contributed by atoms with Crippen molar-refractivity contribution in [1.29, 1.82) is 5.26 Å². The first-order valence-electron chi connectivity index (χ1n) is 4.65. The summed E-state index contributed by atoms with van der Waals surface area (Å²) >= 11 is 5.76. The van der Waals surface area contributed by atoms with Crippen LogP contribution in [0.2, 0.25) is 5.02 Å². The summed E-state index contributed by atoms with van der Waals surface area (Å²) in [7, 11) is 1.80. The fourth-order valence-corrected chi connectivity index (χ4v) is 1.49. The van der Waals surface area contributed by atoms with Crippen molar-refractivity contribution < 1.29 is 5.11 Å². The van der Waals surface area contributed by atoms with Crippen molar-refractivity contribution in [2.24, 2.45) is 0 Å². The molecule has 0 aliphatic rings. The summed E-state index contributed by atoms with van der Waals surface area (Å²) < 4.78 is 0. The van der Waals surface area contributed by atoms with E-state index in [2.05, 4.69) is 6.07 Å². The summed E-state index contributed by atoms with van der Waals surface area (Å²) in [4.78, 5) is 1.79. The minimum atomic E-state index is -0.339. The van der Waals surface area contributed by atoms with Crippen LogP contribution >= 0.6 is 11.6 Å². The first kappa shape index (κ1) is 12.0. The molecule has 0 aliphatic carbocycles. The number of aliphatic hydroxyl groups is 1. The lowest BCUT2D eigenvalue weighted by Crippen LogP contribution is -2.26. The molecule has 0 aliphatic heterocycles. The van der Waals surface area contributed by atoms with Crippen LogP contribution in [0.5, 0.6) is 0 Å². The van der Waals surface area contributed by atoms with Gasteiger partial charge in [-0.2, -0.15) is 5.26 Å². The number of hydrogen-bond acceptors (Lipinski definition) is 3. The third kappa shape index (κ3) is 3.21. The molecule has 1 N–H and O–H groups in total. The van der Waals surface area contributed by atoms with Gasteiger partial charge in [-0.1, -0.05) is 23.7 Å². The fraction of sp³-hybridized carbons (Fsp3) is 0.364. The van der Waals surface area contributed by atoms with Gasteiger partial charge >= 0.3 is 0 Å². The van der Waals surface area contributed by atoms with Crippen LogP contribution in [-0.4, -0.2) is 30.2 Å². The maximum Gasteiger partial charge on any atom is 0.123 e. The Balaban J connectivity index is 2.84. The Morgan fingerprint density at radius 2 is 2.07 bits per heavy atom. The first-order chi connectivity index (χ1) is 7.19. The van der Waals surface area contributed by atoms with Crippen molar-refractivity contribution in [2.75, 3.05) is 20.2 Å². The standard InChI is InChI=1S/C11H13ClN2O/c1-14(6-7-15)11(8-13)9-2-4-10(12)5-3-9/h2-5,11,15H,6-7H2,1H3. The normalized spacial score (nSPS) is 12.5. The summed E-state index contributed by atoms with van der Waals surface area (Å²) in [5, 5.41) is 18.5. The summed E-state index contributed by atoms with van der Waals surface area (Å²) in [5.41, 5.74) is 0.887. The largest absolute Gasteiger partial charge is 0.395 e. The molecule has 0 aromatic heterocycles. The van der Waals surface area contributed by atoms with Crippen LogP contribution < -0.4 is 0 Å². The molecule has 0 bridgehead atoms. The maximum atomic E-state index is 9.04. The zero-order valence-electron chi connectivity index (χ0n) is 8.52. The van der Waals surface area contributed by atoms with Crippen molar-refractivity contribution >= 4 is 11.6 Å². The molecule has 0 amide bonds. The number of hydrogen-bond donors (Lipinski definition) is 1. The van der Waals surface area contributed by atoms with Gasteiger partial charge in [-0.15, -0.1) is 0 Å². The molecule has 1 unspecified atom stereocenters. The molecule has 15 heavy (non-hydrogen) atoms. The van der Waals surface area contributed by atoms with Gasteiger partial charge in [0.05, 0.1) is 12.7 Å². The summed E-state index contributed by atoms with van der Waals surface area (Å²) in [6.07, 6.45) is 0. The van der Waals surface area contributed by atoms with Gasteiger partial charge in [-0.05, 0) is 24.7 Å². The van der Waals surface area contributed by atoms with Gasteiger partial charge in [0, 0.05) is 11.6 Å². The van der Waals surface area contributed by atoms with Gasteiger partial charge in [0.15, 0.2) is 0 Å². The molecule has 1 aromatic rings. The van der Waals surface area contributed by atoms with Crippen LogP contribution in [0, 0.1) is 11.3 Å². The molecule has 3 nitrogen and oxygen atoms in total. The Morgan fingerprint density at radius 3 is 2.53 bits per heavy atom. The van der Waals surface area contributed by atoms with Crippen LogP contribution in [0.15, 0.2) is 24.3 Å². The Morgan fingerprint density at radius 1 is 1.47 bits per heavy atom. The highest BCUT2D eigenvalue weighted by molar-refractivity contribution is 6.30. The van der Waals surface area contributed by atoms with Gasteiger partial charge in [0.1, 0.15) is 6.04 Å². The number of benzene rings is 1. The average molecular weight is 225 g/mol. The van der Waals surface area contributed by atoms with Crippen molar-refractivity contribution in [3.05, 3.63) is 34.9 Å². The molecule has 0 saturated heterocycles. The van der Waals surface area contributed by atoms with Crippen LogP contribution in [0.4, 0.5) is 0 Å². The molecule has 0 radical (unpaired) electrons. The van der Waals surface area contributed by atoms with E-state index >= 15 is 0 Å². The lowest BCUT2D eigenvalue weighted by atomic mass is 10.1. The van der Waals surface area contributed by atoms with E-state index in [-0.39, 0.29) is 12.6 Å². The minimum absolute atomic E-state index is 0.0439. The van der Waals surface area contributed by atoms with Crippen LogP contribution in [-0.2, 0) is 0 Å². The predicted molar refractivity (Wildman–Crippen MR) is 59.5 cm³/mol. The molecule has 0 saturated carbocycles. The average Bonchev–Trinajstić information content (AvgIpc) is 2.22. The van der Waals surface area contributed by atoms with E-state index in [1.807, 2.05) is 12.1 Å². The zero-order chi connectivity index (χ0) is 11.3. The highest BCUT2D eigenvalue weighted by Crippen LogP contribution is 2.20. The minimum Gasteiger partial charge on any atom is -0.395 e. The van der Waals surface area contributed by atoms with Crippen LogP contribution in [0.3, 0.4) is 0 Å². The molecule has 1 aromatic carbocycles. The van der Waals surface area contributed by atoms with E-state index in [1.54, 1.807) is 24.1 Å². The van der Waals surface area contributed by atoms with E-state index in [4.69, 9.17) is 22.0 Å². The zero-order valence-corrected chi connectivity index (χ0v) is 9.28. The van der Waals surface area contributed by atoms with E-state index in [9.17, 15) is 0 Å². The highest BCUT2D eigenvalue weighted by Gasteiger charge is 2.15. The number of aliphatic hydroxyl groups excluding tert-OH is 1. The van der Waals surface area contributed by atoms with Crippen LogP contribution in [0.25, 0.3) is 0 Å². The Labute approximate surface area is 94.5 Å². The van der Waals surface area contributed by atoms with Crippen LogP contribution in [0.1, 0.15) is 11.6 Å². The van der Waals surface area contributed by atoms with Crippen molar-refractivity contribution in [1.82, 2.24) is 4.90 Å². The fourth-order valence-electron chi connectivity index (χ4n) is 1.36. The monoisotopic (exact) mass is 224 g/mol. The smallest absolute Gasteiger partial charge is 0.123 e. The topological polar surface area (TPSA) is 47.3 Å². The van der Waals surface area contributed by atoms with Gasteiger partial charge in [-0.3, -0.25) is 4.90 Å². The van der Waals surface area contributed by atoms with E-state index < -0.39 is 0 Å². The van der Waals surface area contributed by atoms with Gasteiger partial charge in [-0.25, -0.2) is 0 Å². The molecule has 0 fully saturated rings. The number of likely N-dealkylation sites (N-methyl/N-ethyl adjacent to an activating group) is 1. The third-order valence-electron chi connectivity index (χ3n) is 2.20. The molecule has 0 heterocycles. The molecule has 1 rings (SSSR count). The molecular weight excluding hydrogens is 212 g/mol. The Kier molecular flexibility index (Phi) is 4.57. The van der Waals surface area contributed by atoms with Gasteiger partial charge < -0.3 is 5.11 Å². The first-order valence-corrected chi connectivity index (χ1v) is 5.03. The van der Waals surface area contributed by atoms with E-state index in [0.717, 1.165) is 5.56 Å². The predicted octanol–water partition coefficient (Wildman–Crippen LogP) is 1.83. The highest BCUT2D eigenvalue weighted by atomic mass is 35.5. The second kappa shape index (κ2) is 5.72. The molecule has 0 spiro atoms. The quantitative estimate of drug-likeness (QED) is 0.849. The van der Waals surface area contributed by atoms with Gasteiger partial charge in [0.2, 0.25) is 0 Å². The maximum absolute atomic E-state index is 9.04. The number of rotatable bonds is 4. The summed E-state index contributed by atoms with van der Waals surface area (Å²) in [6.45, 7) is 0.517. The van der Waals surface area contributed by atoms with Crippen molar-refractivity contribution in [3.8, 4) is 6.07 Å². The van der Waals surface area contributed by atoms with Crippen molar-refractivity contribution in [3.63, 3.8) is 0 Å². The Bertz CT molecular complexity index is 345. The molecule has 80 valence electrons. The lowest BCUT2D eigenvalue weighted by molar-refractivity contribution is 0.203. The Hall–Kier alpha value is -1.08. The number of nitriles is 1. The SMILES string of the molecule is CN(CCO)C(C#N)c1ccc(Cl)cc1. The summed E-state index contributed by atoms with van der Waals surface area (Å²) in [5.74, 6) is 0. The molecule has 1 atom stereocenters. The van der Waals surface area contributed by atoms with E-state index in [0.29, 0.717) is 11.6 Å². The third-order valence-corrected chi connectivity index (χ3v) is 2.45. The number of halogens is 1. The van der Waals surface area contributed by atoms with Gasteiger partial charge in [0.25, 0.3) is 0 Å². The lowest BCUT2D eigenvalue weighted by Gasteiger charge is -2.21. The van der Waals surface area contributed by atoms with E-state index in [1.165, 1.54) is 0 Å². The second-order valence-corrected chi connectivity index (χ2v) is 3.72. The second-order valence-electron chi connectivity index (χ2n) is 3.29. The number of nitrogens with zero attached hydrogens (tertiary/aromatic N) is 2.